The van der Waals surface area contributed by atoms with Crippen LogP contribution in [-0.4, -0.2) is 36.6 Å². The van der Waals surface area contributed by atoms with Crippen molar-refractivity contribution in [2.24, 2.45) is 5.73 Å². The Morgan fingerprint density at radius 1 is 1.20 bits per heavy atom. The Hall–Kier alpha value is -1.30. The summed E-state index contributed by atoms with van der Waals surface area (Å²) in [4.78, 5) is 14.0. The van der Waals surface area contributed by atoms with Crippen LogP contribution in [0.5, 0.6) is 0 Å². The number of carbonyl (C=O) groups excluding carboxylic acids is 1. The zero-order valence-corrected chi connectivity index (χ0v) is 8.47. The van der Waals surface area contributed by atoms with E-state index in [-0.39, 0.29) is 12.2 Å². The van der Waals surface area contributed by atoms with Crippen LogP contribution in [0.3, 0.4) is 0 Å². The highest BCUT2D eigenvalue weighted by atomic mass is 16.1. The van der Waals surface area contributed by atoms with Crippen LogP contribution in [0.15, 0.2) is 30.6 Å². The molecule has 0 aromatic carbocycles. The molecule has 1 aliphatic heterocycles. The van der Waals surface area contributed by atoms with E-state index in [0.29, 0.717) is 0 Å². The number of carbonyl (C=O) groups is 1. The molecule has 1 saturated heterocycles. The lowest BCUT2D eigenvalue weighted by Gasteiger charge is -2.26. The summed E-state index contributed by atoms with van der Waals surface area (Å²) in [5.74, 6) is 0. The van der Waals surface area contributed by atoms with Crippen molar-refractivity contribution >= 4 is 6.29 Å². The number of piperazine rings is 1. The van der Waals surface area contributed by atoms with E-state index in [1.54, 1.807) is 12.4 Å². The molecule has 15 heavy (non-hydrogen) atoms. The Morgan fingerprint density at radius 2 is 1.87 bits per heavy atom. The van der Waals surface area contributed by atoms with Crippen molar-refractivity contribution in [3.8, 4) is 0 Å². The zero-order chi connectivity index (χ0) is 10.9. The zero-order valence-electron chi connectivity index (χ0n) is 8.47. The van der Waals surface area contributed by atoms with Crippen molar-refractivity contribution in [3.63, 3.8) is 0 Å². The van der Waals surface area contributed by atoms with Gasteiger partial charge >= 0.3 is 0 Å². The average molecular weight is 208 g/mol. The third-order valence-electron chi connectivity index (χ3n) is 1.99. The first-order chi connectivity index (χ1) is 7.34. The maximum absolute atomic E-state index is 10.2. The maximum Gasteiger partial charge on any atom is 0.139 e. The number of rotatable bonds is 1. The largest absolute Gasteiger partial charge is 0.314 e. The van der Waals surface area contributed by atoms with Gasteiger partial charge in [-0.05, 0) is 12.1 Å². The maximum atomic E-state index is 10.2. The molecule has 0 aliphatic carbocycles. The topological polar surface area (TPSA) is 80.0 Å². The summed E-state index contributed by atoms with van der Waals surface area (Å²) in [6.07, 6.45) is 4.12. The Bertz CT molecular complexity index is 241. The second-order valence-corrected chi connectivity index (χ2v) is 3.12. The summed E-state index contributed by atoms with van der Waals surface area (Å²) in [6, 6.07) is 5.51. The molecule has 1 aromatic rings. The van der Waals surface area contributed by atoms with Gasteiger partial charge in [-0.1, -0.05) is 6.07 Å². The average Bonchev–Trinajstić information content (AvgIpc) is 2.33. The Labute approximate surface area is 89.1 Å². The summed E-state index contributed by atoms with van der Waals surface area (Å²) in [6.45, 7) is 1.66. The van der Waals surface area contributed by atoms with Gasteiger partial charge in [-0.3, -0.25) is 10.3 Å². The molecule has 0 bridgehead atoms. The van der Waals surface area contributed by atoms with Crippen molar-refractivity contribution in [1.29, 1.82) is 0 Å². The van der Waals surface area contributed by atoms with Crippen LogP contribution >= 0.6 is 0 Å². The molecule has 1 fully saturated rings. The minimum atomic E-state index is -0.212. The Balaban J connectivity index is 0.000000162. The van der Waals surface area contributed by atoms with Gasteiger partial charge in [-0.2, -0.15) is 0 Å². The minimum Gasteiger partial charge on any atom is -0.314 e. The van der Waals surface area contributed by atoms with E-state index >= 15 is 0 Å². The van der Waals surface area contributed by atoms with Crippen molar-refractivity contribution < 1.29 is 4.79 Å². The van der Waals surface area contributed by atoms with E-state index in [1.807, 2.05) is 18.2 Å². The van der Waals surface area contributed by atoms with E-state index in [0.717, 1.165) is 19.4 Å². The monoisotopic (exact) mass is 208 g/mol. The molecular formula is C10H16N4O. The van der Waals surface area contributed by atoms with Gasteiger partial charge in [-0.25, -0.2) is 0 Å². The molecule has 0 amide bonds. The van der Waals surface area contributed by atoms with Gasteiger partial charge in [-0.15, -0.1) is 0 Å². The summed E-state index contributed by atoms with van der Waals surface area (Å²) in [5.41, 5.74) is 5.48. The molecule has 0 radical (unpaired) electrons. The quantitative estimate of drug-likeness (QED) is 0.522. The van der Waals surface area contributed by atoms with Crippen molar-refractivity contribution in [1.82, 2.24) is 15.6 Å². The summed E-state index contributed by atoms with van der Waals surface area (Å²) in [7, 11) is 0. The smallest absolute Gasteiger partial charge is 0.139 e. The van der Waals surface area contributed by atoms with Crippen LogP contribution in [-0.2, 0) is 4.79 Å². The first-order valence-electron chi connectivity index (χ1n) is 4.87. The van der Waals surface area contributed by atoms with Crippen LogP contribution in [0.4, 0.5) is 0 Å². The fraction of sp³-hybridized carbons (Fsp3) is 0.400. The van der Waals surface area contributed by atoms with Crippen LogP contribution in [0.1, 0.15) is 0 Å². The SMILES string of the molecule is NC1NCCNC1C=O.c1ccncc1. The van der Waals surface area contributed by atoms with Crippen LogP contribution in [0, 0.1) is 0 Å². The van der Waals surface area contributed by atoms with E-state index in [1.165, 1.54) is 0 Å². The van der Waals surface area contributed by atoms with Gasteiger partial charge in [0.1, 0.15) is 6.29 Å². The Morgan fingerprint density at radius 3 is 2.20 bits per heavy atom. The van der Waals surface area contributed by atoms with Crippen molar-refractivity contribution in [2.45, 2.75) is 12.2 Å². The lowest BCUT2D eigenvalue weighted by Crippen LogP contribution is -2.60. The highest BCUT2D eigenvalue weighted by molar-refractivity contribution is 5.59. The molecule has 1 aromatic heterocycles. The molecule has 2 rings (SSSR count). The lowest BCUT2D eigenvalue weighted by atomic mass is 10.2. The summed E-state index contributed by atoms with van der Waals surface area (Å²) >= 11 is 0. The molecule has 2 unspecified atom stereocenters. The first kappa shape index (κ1) is 11.8. The van der Waals surface area contributed by atoms with E-state index in [9.17, 15) is 4.79 Å². The third-order valence-corrected chi connectivity index (χ3v) is 1.99. The molecule has 5 heteroatoms. The normalized spacial score (nSPS) is 24.9. The Kier molecular flexibility index (Phi) is 5.54. The van der Waals surface area contributed by atoms with E-state index in [2.05, 4.69) is 15.6 Å². The molecule has 5 nitrogen and oxygen atoms in total. The van der Waals surface area contributed by atoms with Gasteiger partial charge in [0.15, 0.2) is 0 Å². The highest BCUT2D eigenvalue weighted by Crippen LogP contribution is 1.86. The third kappa shape index (κ3) is 4.64. The predicted molar refractivity (Wildman–Crippen MR) is 58.1 cm³/mol. The van der Waals surface area contributed by atoms with E-state index < -0.39 is 0 Å². The number of hydrogen-bond donors (Lipinski definition) is 3. The fourth-order valence-electron chi connectivity index (χ4n) is 1.18. The molecule has 0 spiro atoms. The van der Waals surface area contributed by atoms with E-state index in [4.69, 9.17) is 5.73 Å². The van der Waals surface area contributed by atoms with Crippen LogP contribution in [0.2, 0.25) is 0 Å². The van der Waals surface area contributed by atoms with Gasteiger partial charge in [0.25, 0.3) is 0 Å². The number of aromatic nitrogens is 1. The fourth-order valence-corrected chi connectivity index (χ4v) is 1.18. The first-order valence-corrected chi connectivity index (χ1v) is 4.87. The van der Waals surface area contributed by atoms with Crippen molar-refractivity contribution in [2.75, 3.05) is 13.1 Å². The summed E-state index contributed by atoms with van der Waals surface area (Å²) in [5, 5.41) is 5.93. The van der Waals surface area contributed by atoms with Crippen LogP contribution in [0.25, 0.3) is 0 Å². The number of nitrogens with one attached hydrogen (secondary N) is 2. The van der Waals surface area contributed by atoms with Gasteiger partial charge in [0.2, 0.25) is 0 Å². The number of hydrogen-bond acceptors (Lipinski definition) is 5. The van der Waals surface area contributed by atoms with Crippen LogP contribution < -0.4 is 16.4 Å². The second kappa shape index (κ2) is 7.05. The molecule has 1 aliphatic rings. The molecule has 4 N–H and O–H groups in total. The highest BCUT2D eigenvalue weighted by Gasteiger charge is 2.18. The van der Waals surface area contributed by atoms with Gasteiger partial charge < -0.3 is 15.8 Å². The predicted octanol–water partition coefficient (Wildman–Crippen LogP) is -0.887. The number of aldehydes is 1. The van der Waals surface area contributed by atoms with Gasteiger partial charge in [0.05, 0.1) is 12.2 Å². The second-order valence-electron chi connectivity index (χ2n) is 3.12. The lowest BCUT2D eigenvalue weighted by molar-refractivity contribution is -0.110. The number of nitrogens with two attached hydrogens (primary N) is 1. The minimum absolute atomic E-state index is 0.209. The standard InChI is InChI=1S/C5H11N3O.C5H5N/c6-5-4(3-9)7-1-2-8-5;1-2-4-6-5-3-1/h3-5,7-8H,1-2,6H2;1-5H. The number of pyridine rings is 1. The molecule has 2 atom stereocenters. The number of nitrogens with zero attached hydrogens (tertiary/aromatic N) is 1. The van der Waals surface area contributed by atoms with Gasteiger partial charge in [0, 0.05) is 25.5 Å². The molecule has 2 heterocycles. The van der Waals surface area contributed by atoms with Crippen molar-refractivity contribution in [3.05, 3.63) is 30.6 Å². The molecule has 0 saturated carbocycles. The molecule has 82 valence electrons. The summed E-state index contributed by atoms with van der Waals surface area (Å²) < 4.78 is 0. The molecular weight excluding hydrogens is 192 g/mol.